The Morgan fingerprint density at radius 3 is 3.05 bits per heavy atom. The van der Waals surface area contributed by atoms with Crippen molar-refractivity contribution in [1.29, 1.82) is 0 Å². The van der Waals surface area contributed by atoms with Crippen LogP contribution in [0.2, 0.25) is 0 Å². The Hall–Kier alpha value is -1.37. The summed E-state index contributed by atoms with van der Waals surface area (Å²) in [5.41, 5.74) is 5.87. The number of hydrogen-bond donors (Lipinski definition) is 1. The molecule has 1 saturated heterocycles. The zero-order chi connectivity index (χ0) is 13.9. The topological polar surface area (TPSA) is 81.3 Å². The van der Waals surface area contributed by atoms with Crippen LogP contribution in [0.4, 0.5) is 0 Å². The van der Waals surface area contributed by atoms with E-state index in [1.807, 2.05) is 12.1 Å². The summed E-state index contributed by atoms with van der Waals surface area (Å²) in [6.45, 7) is 4.63. The summed E-state index contributed by atoms with van der Waals surface area (Å²) in [4.78, 5) is 6.71. The van der Waals surface area contributed by atoms with Crippen LogP contribution in [0.1, 0.15) is 25.7 Å². The maximum Gasteiger partial charge on any atom is 0.241 e. The lowest BCUT2D eigenvalue weighted by atomic mass is 9.92. The fourth-order valence-electron chi connectivity index (χ4n) is 2.75. The van der Waals surface area contributed by atoms with E-state index >= 15 is 0 Å². The van der Waals surface area contributed by atoms with Crippen LogP contribution in [-0.4, -0.2) is 34.2 Å². The molecule has 21 heavy (non-hydrogen) atoms. The van der Waals surface area contributed by atoms with Gasteiger partial charge in [-0.25, -0.2) is 0 Å². The molecule has 0 bridgehead atoms. The minimum atomic E-state index is 0. The molecule has 3 rings (SSSR count). The third-order valence-electron chi connectivity index (χ3n) is 3.92. The highest BCUT2D eigenvalue weighted by atomic mass is 35.5. The van der Waals surface area contributed by atoms with Gasteiger partial charge in [-0.15, -0.1) is 12.4 Å². The average molecular weight is 313 g/mol. The predicted molar refractivity (Wildman–Crippen MR) is 80.9 cm³/mol. The van der Waals surface area contributed by atoms with E-state index in [1.54, 1.807) is 6.26 Å². The van der Waals surface area contributed by atoms with E-state index in [0.29, 0.717) is 36.6 Å². The van der Waals surface area contributed by atoms with Gasteiger partial charge in [0.15, 0.2) is 5.76 Å². The van der Waals surface area contributed by atoms with Crippen LogP contribution >= 0.6 is 12.4 Å². The third kappa shape index (κ3) is 3.64. The molecule has 2 aromatic rings. The molecule has 0 aromatic carbocycles. The number of nitrogens with zero attached hydrogens (tertiary/aromatic N) is 3. The Morgan fingerprint density at radius 2 is 2.33 bits per heavy atom. The second kappa shape index (κ2) is 7.06. The Labute approximate surface area is 130 Å². The van der Waals surface area contributed by atoms with E-state index in [9.17, 15) is 0 Å². The maximum absolute atomic E-state index is 5.87. The quantitative estimate of drug-likeness (QED) is 0.933. The summed E-state index contributed by atoms with van der Waals surface area (Å²) in [7, 11) is 0. The Balaban J connectivity index is 0.00000161. The van der Waals surface area contributed by atoms with Gasteiger partial charge in [-0.2, -0.15) is 4.98 Å². The van der Waals surface area contributed by atoms with Crippen LogP contribution in [-0.2, 0) is 6.54 Å². The Kier molecular flexibility index (Phi) is 5.39. The van der Waals surface area contributed by atoms with Gasteiger partial charge in [0, 0.05) is 12.6 Å². The largest absolute Gasteiger partial charge is 0.461 e. The first-order valence-electron chi connectivity index (χ1n) is 7.07. The molecule has 1 aliphatic heterocycles. The number of aromatic nitrogens is 2. The summed E-state index contributed by atoms with van der Waals surface area (Å²) in [5, 5.41) is 3.95. The van der Waals surface area contributed by atoms with Gasteiger partial charge in [0.25, 0.3) is 0 Å². The van der Waals surface area contributed by atoms with Crippen molar-refractivity contribution in [2.24, 2.45) is 11.7 Å². The van der Waals surface area contributed by atoms with Crippen LogP contribution in [0.3, 0.4) is 0 Å². The van der Waals surface area contributed by atoms with Crippen molar-refractivity contribution in [2.45, 2.75) is 32.4 Å². The second-order valence-electron chi connectivity index (χ2n) is 5.48. The molecule has 0 radical (unpaired) electrons. The Morgan fingerprint density at radius 1 is 1.48 bits per heavy atom. The highest BCUT2D eigenvalue weighted by Crippen LogP contribution is 2.24. The smallest absolute Gasteiger partial charge is 0.241 e. The third-order valence-corrected chi connectivity index (χ3v) is 3.92. The van der Waals surface area contributed by atoms with Gasteiger partial charge >= 0.3 is 0 Å². The number of halogens is 1. The molecule has 116 valence electrons. The molecule has 2 N–H and O–H groups in total. The highest BCUT2D eigenvalue weighted by molar-refractivity contribution is 5.85. The van der Waals surface area contributed by atoms with Crippen molar-refractivity contribution in [2.75, 3.05) is 13.1 Å². The van der Waals surface area contributed by atoms with Crippen molar-refractivity contribution in [3.63, 3.8) is 0 Å². The molecule has 2 aromatic heterocycles. The maximum atomic E-state index is 5.87. The number of nitrogens with two attached hydrogens (primary N) is 1. The van der Waals surface area contributed by atoms with Crippen LogP contribution < -0.4 is 5.73 Å². The van der Waals surface area contributed by atoms with Crippen molar-refractivity contribution < 1.29 is 8.94 Å². The standard InChI is InChI=1S/C14H20N4O2.ClH/c1-10-4-5-18(11(7-10)8-15)9-13-16-14(17-20-13)12-3-2-6-19-12;/h2-3,6,10-11H,4-5,7-9,15H2,1H3;1H. The fraction of sp³-hybridized carbons (Fsp3) is 0.571. The van der Waals surface area contributed by atoms with Crippen LogP contribution in [0.25, 0.3) is 11.6 Å². The highest BCUT2D eigenvalue weighted by Gasteiger charge is 2.26. The lowest BCUT2D eigenvalue weighted by Gasteiger charge is -2.36. The number of piperidine rings is 1. The van der Waals surface area contributed by atoms with Crippen molar-refractivity contribution >= 4 is 12.4 Å². The lowest BCUT2D eigenvalue weighted by molar-refractivity contribution is 0.102. The number of hydrogen-bond acceptors (Lipinski definition) is 6. The monoisotopic (exact) mass is 312 g/mol. The molecule has 1 fully saturated rings. The summed E-state index contributed by atoms with van der Waals surface area (Å²) < 4.78 is 10.6. The first-order chi connectivity index (χ1) is 9.76. The van der Waals surface area contributed by atoms with Crippen molar-refractivity contribution in [3.05, 3.63) is 24.3 Å². The number of rotatable bonds is 4. The van der Waals surface area contributed by atoms with Crippen LogP contribution in [0.5, 0.6) is 0 Å². The molecule has 0 aliphatic carbocycles. The van der Waals surface area contributed by atoms with Crippen molar-refractivity contribution in [3.8, 4) is 11.6 Å². The van der Waals surface area contributed by atoms with Crippen LogP contribution in [0.15, 0.2) is 27.3 Å². The second-order valence-corrected chi connectivity index (χ2v) is 5.48. The summed E-state index contributed by atoms with van der Waals surface area (Å²) in [6.07, 6.45) is 3.92. The molecular weight excluding hydrogens is 292 g/mol. The van der Waals surface area contributed by atoms with E-state index in [0.717, 1.165) is 18.9 Å². The van der Waals surface area contributed by atoms with Gasteiger partial charge in [0.05, 0.1) is 12.8 Å². The minimum absolute atomic E-state index is 0. The molecule has 7 heteroatoms. The lowest BCUT2D eigenvalue weighted by Crippen LogP contribution is -2.45. The first-order valence-corrected chi connectivity index (χ1v) is 7.07. The average Bonchev–Trinajstić information content (AvgIpc) is 3.11. The van der Waals surface area contributed by atoms with Gasteiger partial charge in [0.2, 0.25) is 11.7 Å². The van der Waals surface area contributed by atoms with E-state index < -0.39 is 0 Å². The summed E-state index contributed by atoms with van der Waals surface area (Å²) in [6, 6.07) is 4.03. The van der Waals surface area contributed by atoms with Gasteiger partial charge in [-0.05, 0) is 37.4 Å². The van der Waals surface area contributed by atoms with Gasteiger partial charge in [-0.3, -0.25) is 4.90 Å². The molecular formula is C14H21ClN4O2. The van der Waals surface area contributed by atoms with E-state index in [1.165, 1.54) is 6.42 Å². The van der Waals surface area contributed by atoms with Crippen LogP contribution in [0, 0.1) is 5.92 Å². The molecule has 0 spiro atoms. The predicted octanol–water partition coefficient (Wildman–Crippen LogP) is 2.31. The van der Waals surface area contributed by atoms with E-state index in [2.05, 4.69) is 22.0 Å². The minimum Gasteiger partial charge on any atom is -0.461 e. The fourth-order valence-corrected chi connectivity index (χ4v) is 2.75. The molecule has 1 aliphatic rings. The number of furan rings is 1. The molecule has 2 atom stereocenters. The molecule has 6 nitrogen and oxygen atoms in total. The van der Waals surface area contributed by atoms with Gasteiger partial charge in [0.1, 0.15) is 0 Å². The van der Waals surface area contributed by atoms with Gasteiger partial charge in [-0.1, -0.05) is 12.1 Å². The molecule has 0 amide bonds. The van der Waals surface area contributed by atoms with E-state index in [-0.39, 0.29) is 12.4 Å². The zero-order valence-corrected chi connectivity index (χ0v) is 12.9. The SMILES string of the molecule is CC1CCN(Cc2nc(-c3ccco3)no2)C(CN)C1.Cl. The zero-order valence-electron chi connectivity index (χ0n) is 12.1. The molecule has 3 heterocycles. The summed E-state index contributed by atoms with van der Waals surface area (Å²) in [5.74, 6) is 2.48. The normalized spacial score (nSPS) is 23.0. The Bertz CT molecular complexity index is 543. The molecule has 0 saturated carbocycles. The summed E-state index contributed by atoms with van der Waals surface area (Å²) >= 11 is 0. The van der Waals surface area contributed by atoms with Crippen molar-refractivity contribution in [1.82, 2.24) is 15.0 Å². The molecule has 2 unspecified atom stereocenters. The van der Waals surface area contributed by atoms with Gasteiger partial charge < -0.3 is 14.7 Å². The first kappa shape index (κ1) is 16.0. The number of likely N-dealkylation sites (tertiary alicyclic amines) is 1. The van der Waals surface area contributed by atoms with E-state index in [4.69, 9.17) is 14.7 Å².